The molecule has 19 heavy (non-hydrogen) atoms. The number of likely N-dealkylation sites (N-methyl/N-ethyl adjacent to an activating group) is 1. The summed E-state index contributed by atoms with van der Waals surface area (Å²) < 4.78 is 0. The van der Waals surface area contributed by atoms with Crippen LogP contribution in [0.3, 0.4) is 0 Å². The molecule has 0 aromatic heterocycles. The standard InChI is InChI=1S/C14H29N3O2/c1-16(9-5-8-15)14(19)12-17(10-11-18)13-6-3-2-4-7-13/h13,18H,2-12,15H2,1H3. The Bertz CT molecular complexity index is 255. The number of aliphatic hydroxyl groups is 1. The molecule has 0 spiro atoms. The topological polar surface area (TPSA) is 69.8 Å². The van der Waals surface area contributed by atoms with Gasteiger partial charge in [0.15, 0.2) is 0 Å². The van der Waals surface area contributed by atoms with Crippen molar-refractivity contribution in [1.29, 1.82) is 0 Å². The van der Waals surface area contributed by atoms with E-state index in [0.29, 0.717) is 32.2 Å². The van der Waals surface area contributed by atoms with Crippen LogP contribution in [0.25, 0.3) is 0 Å². The molecule has 3 N–H and O–H groups in total. The molecule has 0 atom stereocenters. The Morgan fingerprint density at radius 2 is 1.95 bits per heavy atom. The maximum absolute atomic E-state index is 12.1. The molecule has 1 fully saturated rings. The minimum Gasteiger partial charge on any atom is -0.395 e. The molecule has 0 bridgehead atoms. The van der Waals surface area contributed by atoms with E-state index in [1.807, 2.05) is 7.05 Å². The van der Waals surface area contributed by atoms with E-state index >= 15 is 0 Å². The summed E-state index contributed by atoms with van der Waals surface area (Å²) in [6, 6.07) is 0.466. The van der Waals surface area contributed by atoms with Gasteiger partial charge in [0.25, 0.3) is 0 Å². The van der Waals surface area contributed by atoms with Crippen LogP contribution >= 0.6 is 0 Å². The van der Waals surface area contributed by atoms with Gasteiger partial charge in [0.1, 0.15) is 0 Å². The average Bonchev–Trinajstić information content (AvgIpc) is 2.45. The van der Waals surface area contributed by atoms with Crippen molar-refractivity contribution < 1.29 is 9.90 Å². The quantitative estimate of drug-likeness (QED) is 0.671. The third kappa shape index (κ3) is 5.89. The number of hydrogen-bond donors (Lipinski definition) is 2. The van der Waals surface area contributed by atoms with Gasteiger partial charge in [0.05, 0.1) is 13.2 Å². The van der Waals surface area contributed by atoms with Gasteiger partial charge < -0.3 is 15.7 Å². The van der Waals surface area contributed by atoms with Crippen molar-refractivity contribution in [3.8, 4) is 0 Å². The predicted octanol–water partition coefficient (Wildman–Crippen LogP) is 0.421. The Labute approximate surface area is 116 Å². The van der Waals surface area contributed by atoms with Crippen molar-refractivity contribution >= 4 is 5.91 Å². The van der Waals surface area contributed by atoms with Crippen molar-refractivity contribution in [2.24, 2.45) is 5.73 Å². The van der Waals surface area contributed by atoms with Crippen LogP contribution < -0.4 is 5.73 Å². The highest BCUT2D eigenvalue weighted by Crippen LogP contribution is 2.22. The van der Waals surface area contributed by atoms with Crippen LogP contribution in [0.5, 0.6) is 0 Å². The van der Waals surface area contributed by atoms with E-state index < -0.39 is 0 Å². The summed E-state index contributed by atoms with van der Waals surface area (Å²) in [5.74, 6) is 0.132. The fraction of sp³-hybridized carbons (Fsp3) is 0.929. The number of nitrogens with two attached hydrogens (primary N) is 1. The molecule has 1 aliphatic carbocycles. The normalized spacial score (nSPS) is 16.8. The van der Waals surface area contributed by atoms with Crippen LogP contribution in [0.1, 0.15) is 38.5 Å². The largest absolute Gasteiger partial charge is 0.395 e. The molecule has 0 heterocycles. The summed E-state index contributed by atoms with van der Waals surface area (Å²) in [7, 11) is 1.83. The number of hydrogen-bond acceptors (Lipinski definition) is 4. The van der Waals surface area contributed by atoms with E-state index in [4.69, 9.17) is 5.73 Å². The van der Waals surface area contributed by atoms with E-state index in [-0.39, 0.29) is 12.5 Å². The van der Waals surface area contributed by atoms with Gasteiger partial charge in [-0.25, -0.2) is 0 Å². The minimum atomic E-state index is 0.121. The van der Waals surface area contributed by atoms with Crippen molar-refractivity contribution in [3.63, 3.8) is 0 Å². The number of carbonyl (C=O) groups is 1. The fourth-order valence-corrected chi connectivity index (χ4v) is 2.71. The fourth-order valence-electron chi connectivity index (χ4n) is 2.71. The maximum atomic E-state index is 12.1. The van der Waals surface area contributed by atoms with Crippen LogP contribution in [-0.2, 0) is 4.79 Å². The van der Waals surface area contributed by atoms with E-state index in [9.17, 15) is 9.90 Å². The highest BCUT2D eigenvalue weighted by atomic mass is 16.3. The van der Waals surface area contributed by atoms with Gasteiger partial charge in [-0.1, -0.05) is 19.3 Å². The monoisotopic (exact) mass is 271 g/mol. The Balaban J connectivity index is 2.44. The van der Waals surface area contributed by atoms with Gasteiger partial charge in [-0.05, 0) is 25.8 Å². The molecule has 5 nitrogen and oxygen atoms in total. The molecular weight excluding hydrogens is 242 g/mol. The second kappa shape index (κ2) is 9.28. The number of amides is 1. The van der Waals surface area contributed by atoms with Gasteiger partial charge in [-0.2, -0.15) is 0 Å². The SMILES string of the molecule is CN(CCCN)C(=O)CN(CCO)C1CCCCC1. The van der Waals surface area contributed by atoms with Crippen LogP contribution in [0.15, 0.2) is 0 Å². The summed E-state index contributed by atoms with van der Waals surface area (Å²) in [5, 5.41) is 9.18. The molecule has 1 saturated carbocycles. The second-order valence-electron chi connectivity index (χ2n) is 5.44. The van der Waals surface area contributed by atoms with E-state index in [0.717, 1.165) is 19.3 Å². The van der Waals surface area contributed by atoms with E-state index in [1.54, 1.807) is 4.90 Å². The molecule has 0 radical (unpaired) electrons. The maximum Gasteiger partial charge on any atom is 0.236 e. The molecule has 0 aromatic rings. The zero-order chi connectivity index (χ0) is 14.1. The molecule has 1 rings (SSSR count). The van der Waals surface area contributed by atoms with E-state index in [2.05, 4.69) is 4.90 Å². The lowest BCUT2D eigenvalue weighted by Crippen LogP contribution is -2.45. The van der Waals surface area contributed by atoms with Gasteiger partial charge in [-0.15, -0.1) is 0 Å². The molecule has 0 saturated heterocycles. The predicted molar refractivity (Wildman–Crippen MR) is 76.8 cm³/mol. The Morgan fingerprint density at radius 1 is 1.26 bits per heavy atom. The Hall–Kier alpha value is -0.650. The lowest BCUT2D eigenvalue weighted by atomic mass is 9.94. The lowest BCUT2D eigenvalue weighted by molar-refractivity contribution is -0.132. The third-order valence-corrected chi connectivity index (χ3v) is 3.94. The summed E-state index contributed by atoms with van der Waals surface area (Å²) in [6.07, 6.45) is 6.92. The zero-order valence-electron chi connectivity index (χ0n) is 12.2. The number of carbonyl (C=O) groups excluding carboxylic acids is 1. The summed E-state index contributed by atoms with van der Waals surface area (Å²) in [5.41, 5.74) is 5.46. The van der Waals surface area contributed by atoms with E-state index in [1.165, 1.54) is 19.3 Å². The second-order valence-corrected chi connectivity index (χ2v) is 5.44. The smallest absolute Gasteiger partial charge is 0.236 e. The first-order valence-corrected chi connectivity index (χ1v) is 7.48. The van der Waals surface area contributed by atoms with Gasteiger partial charge in [0.2, 0.25) is 5.91 Å². The molecule has 0 aliphatic heterocycles. The number of aliphatic hydroxyl groups excluding tert-OH is 1. The van der Waals surface area contributed by atoms with Crippen LogP contribution in [-0.4, -0.2) is 66.7 Å². The van der Waals surface area contributed by atoms with Crippen LogP contribution in [0.2, 0.25) is 0 Å². The van der Waals surface area contributed by atoms with Crippen molar-refractivity contribution in [2.75, 3.05) is 39.8 Å². The van der Waals surface area contributed by atoms with Gasteiger partial charge >= 0.3 is 0 Å². The van der Waals surface area contributed by atoms with Crippen molar-refractivity contribution in [3.05, 3.63) is 0 Å². The zero-order valence-corrected chi connectivity index (χ0v) is 12.2. The highest BCUT2D eigenvalue weighted by molar-refractivity contribution is 5.78. The molecule has 0 aromatic carbocycles. The number of rotatable bonds is 8. The Morgan fingerprint density at radius 3 is 2.53 bits per heavy atom. The molecule has 0 unspecified atom stereocenters. The first-order chi connectivity index (χ1) is 9.19. The Kier molecular flexibility index (Phi) is 8.02. The molecule has 1 amide bonds. The third-order valence-electron chi connectivity index (χ3n) is 3.94. The van der Waals surface area contributed by atoms with Crippen molar-refractivity contribution in [1.82, 2.24) is 9.80 Å². The minimum absolute atomic E-state index is 0.121. The van der Waals surface area contributed by atoms with Gasteiger partial charge in [0, 0.05) is 26.2 Å². The summed E-state index contributed by atoms with van der Waals surface area (Å²) in [6.45, 7) is 2.47. The van der Waals surface area contributed by atoms with Crippen LogP contribution in [0, 0.1) is 0 Å². The highest BCUT2D eigenvalue weighted by Gasteiger charge is 2.23. The van der Waals surface area contributed by atoms with Gasteiger partial charge in [-0.3, -0.25) is 9.69 Å². The molecule has 112 valence electrons. The van der Waals surface area contributed by atoms with Crippen molar-refractivity contribution in [2.45, 2.75) is 44.6 Å². The molecular formula is C14H29N3O2. The molecule has 5 heteroatoms. The first-order valence-electron chi connectivity index (χ1n) is 7.48. The summed E-state index contributed by atoms with van der Waals surface area (Å²) in [4.78, 5) is 16.0. The molecule has 1 aliphatic rings. The van der Waals surface area contributed by atoms with Crippen LogP contribution in [0.4, 0.5) is 0 Å². The average molecular weight is 271 g/mol. The number of nitrogens with zero attached hydrogens (tertiary/aromatic N) is 2. The first kappa shape index (κ1) is 16.4. The summed E-state index contributed by atoms with van der Waals surface area (Å²) >= 11 is 0. The lowest BCUT2D eigenvalue weighted by Gasteiger charge is -2.34.